The van der Waals surface area contributed by atoms with Gasteiger partial charge >= 0.3 is 5.97 Å². The van der Waals surface area contributed by atoms with Crippen molar-refractivity contribution in [3.63, 3.8) is 0 Å². The summed E-state index contributed by atoms with van der Waals surface area (Å²) in [7, 11) is 0. The van der Waals surface area contributed by atoms with Gasteiger partial charge < -0.3 is 4.74 Å². The van der Waals surface area contributed by atoms with Gasteiger partial charge in [0.2, 0.25) is 0 Å². The molecule has 0 bridgehead atoms. The van der Waals surface area contributed by atoms with Gasteiger partial charge in [0.15, 0.2) is 0 Å². The Morgan fingerprint density at radius 3 is 2.70 bits per heavy atom. The fourth-order valence-corrected chi connectivity index (χ4v) is 0.610. The average Bonchev–Trinajstić information content (AvgIpc) is 1.98. The van der Waals surface area contributed by atoms with Gasteiger partial charge in [-0.25, -0.2) is 0 Å². The number of carbonyl (C=O) groups is 1. The zero-order valence-corrected chi connectivity index (χ0v) is 6.56. The minimum Gasteiger partial charge on any atom is -0.466 e. The molecule has 0 aliphatic heterocycles. The van der Waals surface area contributed by atoms with Crippen LogP contribution in [0, 0.1) is 6.92 Å². The number of ether oxygens (including phenoxy) is 1. The SMILES string of the molecule is [CH2]CC(=O)OCCCCC. The van der Waals surface area contributed by atoms with Crippen LogP contribution in [0.15, 0.2) is 0 Å². The van der Waals surface area contributed by atoms with Crippen LogP contribution in [0.1, 0.15) is 32.6 Å². The molecule has 0 aromatic rings. The van der Waals surface area contributed by atoms with E-state index in [4.69, 9.17) is 4.74 Å². The molecule has 0 spiro atoms. The molecule has 1 radical (unpaired) electrons. The van der Waals surface area contributed by atoms with Gasteiger partial charge in [0.25, 0.3) is 0 Å². The molecule has 2 heteroatoms. The van der Waals surface area contributed by atoms with Crippen molar-refractivity contribution < 1.29 is 9.53 Å². The molecular weight excluding hydrogens is 128 g/mol. The standard InChI is InChI=1S/C8H15O2/c1-3-5-6-7-10-8(9)4-2/h2-7H2,1H3. The Hall–Kier alpha value is -0.530. The third-order valence-corrected chi connectivity index (χ3v) is 1.22. The van der Waals surface area contributed by atoms with Gasteiger partial charge in [-0.05, 0) is 13.3 Å². The zero-order chi connectivity index (χ0) is 7.82. The molecule has 0 aliphatic rings. The quantitative estimate of drug-likeness (QED) is 0.434. The molecule has 0 saturated carbocycles. The maximum absolute atomic E-state index is 10.5. The molecule has 0 amide bonds. The highest BCUT2D eigenvalue weighted by molar-refractivity contribution is 5.69. The fourth-order valence-electron chi connectivity index (χ4n) is 0.610. The number of rotatable bonds is 5. The molecule has 0 heterocycles. The van der Waals surface area contributed by atoms with E-state index < -0.39 is 0 Å². The Morgan fingerprint density at radius 2 is 2.20 bits per heavy atom. The summed E-state index contributed by atoms with van der Waals surface area (Å²) in [5.41, 5.74) is 0. The van der Waals surface area contributed by atoms with E-state index in [2.05, 4.69) is 13.8 Å². The summed E-state index contributed by atoms with van der Waals surface area (Å²) in [5.74, 6) is -0.198. The van der Waals surface area contributed by atoms with Crippen molar-refractivity contribution in [2.45, 2.75) is 32.6 Å². The molecular formula is C8H15O2. The second kappa shape index (κ2) is 6.59. The molecule has 2 nitrogen and oxygen atoms in total. The van der Waals surface area contributed by atoms with E-state index in [0.717, 1.165) is 19.3 Å². The van der Waals surface area contributed by atoms with Gasteiger partial charge in [-0.2, -0.15) is 0 Å². The topological polar surface area (TPSA) is 26.3 Å². The Bertz CT molecular complexity index is 89.3. The third-order valence-electron chi connectivity index (χ3n) is 1.22. The predicted molar refractivity (Wildman–Crippen MR) is 40.5 cm³/mol. The van der Waals surface area contributed by atoms with Crippen molar-refractivity contribution in [2.24, 2.45) is 0 Å². The first-order chi connectivity index (χ1) is 4.81. The fraction of sp³-hybridized carbons (Fsp3) is 0.750. The highest BCUT2D eigenvalue weighted by Gasteiger charge is 1.95. The molecule has 0 aliphatic carbocycles. The maximum Gasteiger partial charge on any atom is 0.305 e. The Kier molecular flexibility index (Phi) is 6.24. The Balaban J connectivity index is 2.96. The van der Waals surface area contributed by atoms with Crippen LogP contribution in [0.4, 0.5) is 0 Å². The van der Waals surface area contributed by atoms with Gasteiger partial charge in [0.05, 0.1) is 6.61 Å². The molecule has 10 heavy (non-hydrogen) atoms. The maximum atomic E-state index is 10.5. The van der Waals surface area contributed by atoms with E-state index in [0.29, 0.717) is 6.61 Å². The van der Waals surface area contributed by atoms with Crippen molar-refractivity contribution in [1.29, 1.82) is 0 Å². The Labute approximate surface area is 62.6 Å². The second-order valence-electron chi connectivity index (χ2n) is 2.18. The summed E-state index contributed by atoms with van der Waals surface area (Å²) in [4.78, 5) is 10.5. The minimum absolute atomic E-state index is 0.198. The van der Waals surface area contributed by atoms with E-state index in [9.17, 15) is 4.79 Å². The summed E-state index contributed by atoms with van der Waals surface area (Å²) < 4.78 is 4.79. The highest BCUT2D eigenvalue weighted by atomic mass is 16.5. The second-order valence-corrected chi connectivity index (χ2v) is 2.18. The molecule has 0 atom stereocenters. The van der Waals surface area contributed by atoms with Crippen molar-refractivity contribution >= 4 is 5.97 Å². The molecule has 0 fully saturated rings. The summed E-state index contributed by atoms with van der Waals surface area (Å²) in [6, 6.07) is 0. The number of hydrogen-bond donors (Lipinski definition) is 0. The lowest BCUT2D eigenvalue weighted by Crippen LogP contribution is -2.03. The van der Waals surface area contributed by atoms with Crippen LogP contribution in [0.2, 0.25) is 0 Å². The van der Waals surface area contributed by atoms with Crippen molar-refractivity contribution in [3.8, 4) is 0 Å². The predicted octanol–water partition coefficient (Wildman–Crippen LogP) is 1.94. The van der Waals surface area contributed by atoms with Gasteiger partial charge in [-0.3, -0.25) is 4.79 Å². The van der Waals surface area contributed by atoms with Crippen molar-refractivity contribution in [1.82, 2.24) is 0 Å². The highest BCUT2D eigenvalue weighted by Crippen LogP contribution is 1.94. The van der Waals surface area contributed by atoms with E-state index >= 15 is 0 Å². The van der Waals surface area contributed by atoms with Gasteiger partial charge in [0, 0.05) is 6.42 Å². The van der Waals surface area contributed by atoms with Crippen molar-refractivity contribution in [2.75, 3.05) is 6.61 Å². The van der Waals surface area contributed by atoms with Crippen molar-refractivity contribution in [3.05, 3.63) is 6.92 Å². The molecule has 0 aromatic carbocycles. The lowest BCUT2D eigenvalue weighted by atomic mass is 10.3. The lowest BCUT2D eigenvalue weighted by Gasteiger charge is -2.00. The van der Waals surface area contributed by atoms with Crippen LogP contribution in [0.25, 0.3) is 0 Å². The van der Waals surface area contributed by atoms with E-state index in [1.165, 1.54) is 0 Å². The van der Waals surface area contributed by atoms with E-state index in [-0.39, 0.29) is 12.4 Å². The van der Waals surface area contributed by atoms with Gasteiger partial charge in [-0.15, -0.1) is 0 Å². The Morgan fingerprint density at radius 1 is 1.50 bits per heavy atom. The lowest BCUT2D eigenvalue weighted by molar-refractivity contribution is -0.142. The number of carbonyl (C=O) groups excluding carboxylic acids is 1. The van der Waals surface area contributed by atoms with Crippen LogP contribution in [-0.2, 0) is 9.53 Å². The largest absolute Gasteiger partial charge is 0.466 e. The molecule has 0 unspecified atom stereocenters. The summed E-state index contributed by atoms with van der Waals surface area (Å²) in [6.07, 6.45) is 3.50. The van der Waals surface area contributed by atoms with Gasteiger partial charge in [0.1, 0.15) is 0 Å². The molecule has 0 N–H and O–H groups in total. The summed E-state index contributed by atoms with van der Waals surface area (Å²) >= 11 is 0. The van der Waals surface area contributed by atoms with Crippen LogP contribution < -0.4 is 0 Å². The molecule has 0 saturated heterocycles. The minimum atomic E-state index is -0.198. The van der Waals surface area contributed by atoms with E-state index in [1.807, 2.05) is 0 Å². The van der Waals surface area contributed by atoms with E-state index in [1.54, 1.807) is 0 Å². The number of unbranched alkanes of at least 4 members (excludes halogenated alkanes) is 2. The van der Waals surface area contributed by atoms with Crippen LogP contribution in [-0.4, -0.2) is 12.6 Å². The monoisotopic (exact) mass is 143 g/mol. The summed E-state index contributed by atoms with van der Waals surface area (Å²) in [6.45, 7) is 6.08. The first kappa shape index (κ1) is 9.47. The normalized spacial score (nSPS) is 9.40. The molecule has 59 valence electrons. The van der Waals surface area contributed by atoms with Crippen LogP contribution in [0.3, 0.4) is 0 Å². The summed E-state index contributed by atoms with van der Waals surface area (Å²) in [5, 5.41) is 0. The first-order valence-electron chi connectivity index (χ1n) is 3.76. The third kappa shape index (κ3) is 5.60. The van der Waals surface area contributed by atoms with Gasteiger partial charge in [-0.1, -0.05) is 19.8 Å². The smallest absolute Gasteiger partial charge is 0.305 e. The average molecular weight is 143 g/mol. The first-order valence-corrected chi connectivity index (χ1v) is 3.76. The molecule has 0 rings (SSSR count). The van der Waals surface area contributed by atoms with Crippen LogP contribution >= 0.6 is 0 Å². The zero-order valence-electron chi connectivity index (χ0n) is 6.56. The molecule has 0 aromatic heterocycles. The number of hydrogen-bond acceptors (Lipinski definition) is 2. The van der Waals surface area contributed by atoms with Crippen LogP contribution in [0.5, 0.6) is 0 Å². The number of esters is 1.